The molecule has 0 saturated heterocycles. The molecular formula is C15H16N4O2. The third kappa shape index (κ3) is 4.38. The molecule has 0 bridgehead atoms. The summed E-state index contributed by atoms with van der Waals surface area (Å²) >= 11 is 0. The number of Topliss-reactive ketones (excluding diaryl/α,β-unsaturated/α-hetero) is 1. The van der Waals surface area contributed by atoms with Crippen molar-refractivity contribution in [2.24, 2.45) is 0 Å². The molecule has 6 heteroatoms. The Balaban J connectivity index is 1.91. The molecule has 2 aromatic rings. The van der Waals surface area contributed by atoms with Crippen molar-refractivity contribution in [3.05, 3.63) is 53.6 Å². The molecule has 0 unspecified atom stereocenters. The summed E-state index contributed by atoms with van der Waals surface area (Å²) in [6.07, 6.45) is 3.26. The maximum absolute atomic E-state index is 11.8. The molecule has 1 heterocycles. The highest BCUT2D eigenvalue weighted by molar-refractivity contribution is 5.96. The summed E-state index contributed by atoms with van der Waals surface area (Å²) < 4.78 is 0. The number of aromatic nitrogens is 2. The molecule has 2 N–H and O–H groups in total. The molecule has 0 atom stereocenters. The molecule has 21 heavy (non-hydrogen) atoms. The van der Waals surface area contributed by atoms with Gasteiger partial charge < -0.3 is 10.6 Å². The van der Waals surface area contributed by atoms with Crippen molar-refractivity contribution in [2.75, 3.05) is 5.32 Å². The molecular weight excluding hydrogens is 268 g/mol. The van der Waals surface area contributed by atoms with Crippen molar-refractivity contribution in [3.63, 3.8) is 0 Å². The van der Waals surface area contributed by atoms with Crippen LogP contribution in [-0.4, -0.2) is 21.8 Å². The van der Waals surface area contributed by atoms with Crippen molar-refractivity contribution in [3.8, 4) is 0 Å². The summed E-state index contributed by atoms with van der Waals surface area (Å²) in [6, 6.07) is 6.41. The zero-order valence-corrected chi connectivity index (χ0v) is 11.9. The number of urea groups is 1. The molecule has 0 spiro atoms. The number of aryl methyl sites for hydroxylation is 1. The van der Waals surface area contributed by atoms with E-state index in [0.29, 0.717) is 16.9 Å². The highest BCUT2D eigenvalue weighted by Crippen LogP contribution is 2.10. The zero-order valence-electron chi connectivity index (χ0n) is 11.9. The van der Waals surface area contributed by atoms with Crippen LogP contribution in [0.4, 0.5) is 10.5 Å². The molecule has 2 rings (SSSR count). The van der Waals surface area contributed by atoms with Crippen molar-refractivity contribution < 1.29 is 9.59 Å². The minimum absolute atomic E-state index is 0.0472. The summed E-state index contributed by atoms with van der Waals surface area (Å²) in [6.45, 7) is 3.61. The van der Waals surface area contributed by atoms with E-state index in [1.807, 2.05) is 6.92 Å². The van der Waals surface area contributed by atoms with Crippen LogP contribution in [0.2, 0.25) is 0 Å². The Morgan fingerprint density at radius 2 is 2.00 bits per heavy atom. The summed E-state index contributed by atoms with van der Waals surface area (Å²) in [4.78, 5) is 31.3. The van der Waals surface area contributed by atoms with Crippen LogP contribution < -0.4 is 10.6 Å². The van der Waals surface area contributed by atoms with E-state index in [-0.39, 0.29) is 18.4 Å². The van der Waals surface area contributed by atoms with Crippen LogP contribution in [0.5, 0.6) is 0 Å². The van der Waals surface area contributed by atoms with E-state index in [1.54, 1.807) is 36.7 Å². The summed E-state index contributed by atoms with van der Waals surface area (Å²) in [5, 5.41) is 5.35. The van der Waals surface area contributed by atoms with Gasteiger partial charge in [-0.3, -0.25) is 14.8 Å². The van der Waals surface area contributed by atoms with E-state index in [4.69, 9.17) is 0 Å². The molecule has 108 valence electrons. The van der Waals surface area contributed by atoms with E-state index in [2.05, 4.69) is 20.6 Å². The largest absolute Gasteiger partial charge is 0.332 e. The van der Waals surface area contributed by atoms with Crippen LogP contribution in [0.25, 0.3) is 0 Å². The van der Waals surface area contributed by atoms with Gasteiger partial charge in [0.2, 0.25) is 0 Å². The first-order valence-corrected chi connectivity index (χ1v) is 6.48. The van der Waals surface area contributed by atoms with Gasteiger partial charge >= 0.3 is 6.03 Å². The Morgan fingerprint density at radius 1 is 1.19 bits per heavy atom. The van der Waals surface area contributed by atoms with Gasteiger partial charge in [-0.2, -0.15) is 0 Å². The lowest BCUT2D eigenvalue weighted by Gasteiger charge is -2.08. The first kappa shape index (κ1) is 14.6. The summed E-state index contributed by atoms with van der Waals surface area (Å²) in [5.41, 5.74) is 2.62. The normalized spacial score (nSPS) is 10.0. The van der Waals surface area contributed by atoms with Gasteiger partial charge in [0, 0.05) is 17.4 Å². The van der Waals surface area contributed by atoms with Gasteiger partial charge in [0.05, 0.1) is 24.1 Å². The standard InChI is InChI=1S/C15H16N4O2/c1-10-7-17-14(8-16-10)9-18-15(21)19-13-5-3-4-12(6-13)11(2)20/h3-8H,9H2,1-2H3,(H2,18,19,21). The van der Waals surface area contributed by atoms with E-state index >= 15 is 0 Å². The number of amides is 2. The average molecular weight is 284 g/mol. The Kier molecular flexibility index (Phi) is 4.61. The summed E-state index contributed by atoms with van der Waals surface area (Å²) in [5.74, 6) is -0.0472. The van der Waals surface area contributed by atoms with Crippen molar-refractivity contribution in [2.45, 2.75) is 20.4 Å². The second-order valence-electron chi connectivity index (χ2n) is 4.59. The Bertz CT molecular complexity index is 653. The number of nitrogens with one attached hydrogen (secondary N) is 2. The van der Waals surface area contributed by atoms with Crippen LogP contribution in [0.1, 0.15) is 28.7 Å². The Labute approximate surface area is 122 Å². The van der Waals surface area contributed by atoms with Crippen LogP contribution >= 0.6 is 0 Å². The lowest BCUT2D eigenvalue weighted by atomic mass is 10.1. The lowest BCUT2D eigenvalue weighted by Crippen LogP contribution is -2.28. The fraction of sp³-hybridized carbons (Fsp3) is 0.200. The number of carbonyl (C=O) groups excluding carboxylic acids is 2. The molecule has 0 aliphatic carbocycles. The monoisotopic (exact) mass is 284 g/mol. The number of anilines is 1. The van der Waals surface area contributed by atoms with E-state index < -0.39 is 0 Å². The smallest absolute Gasteiger partial charge is 0.319 e. The third-order valence-electron chi connectivity index (χ3n) is 2.79. The van der Waals surface area contributed by atoms with Gasteiger partial charge in [-0.25, -0.2) is 4.79 Å². The van der Waals surface area contributed by atoms with Gasteiger partial charge in [-0.05, 0) is 26.0 Å². The molecule has 1 aromatic heterocycles. The number of hydrogen-bond acceptors (Lipinski definition) is 4. The molecule has 0 saturated carbocycles. The van der Waals surface area contributed by atoms with Gasteiger partial charge in [0.1, 0.15) is 0 Å². The van der Waals surface area contributed by atoms with Gasteiger partial charge in [0.25, 0.3) is 0 Å². The fourth-order valence-electron chi connectivity index (χ4n) is 1.67. The predicted molar refractivity (Wildman–Crippen MR) is 79.1 cm³/mol. The van der Waals surface area contributed by atoms with Crippen LogP contribution in [0.15, 0.2) is 36.7 Å². The van der Waals surface area contributed by atoms with Crippen molar-refractivity contribution >= 4 is 17.5 Å². The fourth-order valence-corrected chi connectivity index (χ4v) is 1.67. The van der Waals surface area contributed by atoms with Crippen LogP contribution in [-0.2, 0) is 6.54 Å². The Morgan fingerprint density at radius 3 is 2.67 bits per heavy atom. The quantitative estimate of drug-likeness (QED) is 0.844. The minimum atomic E-state index is -0.363. The van der Waals surface area contributed by atoms with Gasteiger partial charge in [-0.15, -0.1) is 0 Å². The first-order valence-electron chi connectivity index (χ1n) is 6.48. The topological polar surface area (TPSA) is 84.0 Å². The molecule has 0 aliphatic heterocycles. The van der Waals surface area contributed by atoms with Crippen LogP contribution in [0.3, 0.4) is 0 Å². The Hall–Kier alpha value is -2.76. The molecule has 1 aromatic carbocycles. The number of rotatable bonds is 4. The van der Waals surface area contributed by atoms with E-state index in [9.17, 15) is 9.59 Å². The second-order valence-corrected chi connectivity index (χ2v) is 4.59. The number of nitrogens with zero attached hydrogens (tertiary/aromatic N) is 2. The van der Waals surface area contributed by atoms with Crippen molar-refractivity contribution in [1.29, 1.82) is 0 Å². The number of carbonyl (C=O) groups is 2. The average Bonchev–Trinajstić information content (AvgIpc) is 2.47. The first-order chi connectivity index (χ1) is 10.0. The van der Waals surface area contributed by atoms with Crippen LogP contribution in [0, 0.1) is 6.92 Å². The molecule has 0 fully saturated rings. The maximum atomic E-state index is 11.8. The predicted octanol–water partition coefficient (Wildman–Crippen LogP) is 2.31. The second kappa shape index (κ2) is 6.60. The van der Waals surface area contributed by atoms with Gasteiger partial charge in [0.15, 0.2) is 5.78 Å². The highest BCUT2D eigenvalue weighted by atomic mass is 16.2. The maximum Gasteiger partial charge on any atom is 0.319 e. The van der Waals surface area contributed by atoms with E-state index in [0.717, 1.165) is 5.69 Å². The molecule has 0 radical (unpaired) electrons. The highest BCUT2D eigenvalue weighted by Gasteiger charge is 2.05. The summed E-state index contributed by atoms with van der Waals surface area (Å²) in [7, 11) is 0. The molecule has 6 nitrogen and oxygen atoms in total. The van der Waals surface area contributed by atoms with Gasteiger partial charge in [-0.1, -0.05) is 12.1 Å². The number of benzene rings is 1. The third-order valence-corrected chi connectivity index (χ3v) is 2.79. The minimum Gasteiger partial charge on any atom is -0.332 e. The number of hydrogen-bond donors (Lipinski definition) is 2. The van der Waals surface area contributed by atoms with E-state index in [1.165, 1.54) is 6.92 Å². The SMILES string of the molecule is CC(=O)c1cccc(NC(=O)NCc2cnc(C)cn2)c1. The lowest BCUT2D eigenvalue weighted by molar-refractivity contribution is 0.101. The number of ketones is 1. The molecule has 0 aliphatic rings. The zero-order chi connectivity index (χ0) is 15.2. The van der Waals surface area contributed by atoms with Crippen molar-refractivity contribution in [1.82, 2.24) is 15.3 Å². The molecule has 2 amide bonds.